The predicted molar refractivity (Wildman–Crippen MR) is 71.7 cm³/mol. The summed E-state index contributed by atoms with van der Waals surface area (Å²) in [7, 11) is 2.06. The lowest BCUT2D eigenvalue weighted by atomic mass is 10.2. The molecule has 0 aliphatic heterocycles. The van der Waals surface area contributed by atoms with Crippen molar-refractivity contribution in [2.24, 2.45) is 0 Å². The molecule has 0 saturated carbocycles. The first-order valence-electron chi connectivity index (χ1n) is 6.39. The second kappa shape index (κ2) is 7.05. The Labute approximate surface area is 104 Å². The van der Waals surface area contributed by atoms with Crippen LogP contribution in [0.25, 0.3) is 0 Å². The molecule has 0 radical (unpaired) electrons. The highest BCUT2D eigenvalue weighted by Crippen LogP contribution is 2.13. The Bertz CT molecular complexity index is 346. The molecule has 1 heterocycles. The van der Waals surface area contributed by atoms with Crippen LogP contribution in [-0.2, 0) is 0 Å². The molecule has 0 spiro atoms. The van der Waals surface area contributed by atoms with Crippen LogP contribution < -0.4 is 4.90 Å². The number of hydrogen-bond donors (Lipinski definition) is 0. The molecule has 0 N–H and O–H groups in total. The van der Waals surface area contributed by atoms with Gasteiger partial charge in [0.1, 0.15) is 5.69 Å². The van der Waals surface area contributed by atoms with Crippen molar-refractivity contribution in [1.82, 2.24) is 4.98 Å². The third-order valence-electron chi connectivity index (χ3n) is 2.89. The summed E-state index contributed by atoms with van der Waals surface area (Å²) < 4.78 is 0. The van der Waals surface area contributed by atoms with E-state index in [9.17, 15) is 4.79 Å². The maximum absolute atomic E-state index is 11.4. The van der Waals surface area contributed by atoms with Crippen LogP contribution in [0.15, 0.2) is 18.3 Å². The lowest BCUT2D eigenvalue weighted by Gasteiger charge is -2.18. The van der Waals surface area contributed by atoms with Gasteiger partial charge in [-0.2, -0.15) is 0 Å². The van der Waals surface area contributed by atoms with E-state index < -0.39 is 0 Å². The molecule has 3 heteroatoms. The van der Waals surface area contributed by atoms with E-state index in [0.717, 1.165) is 12.2 Å². The number of ketones is 1. The van der Waals surface area contributed by atoms with E-state index in [4.69, 9.17) is 0 Å². The van der Waals surface area contributed by atoms with Crippen molar-refractivity contribution in [2.45, 2.75) is 39.5 Å². The van der Waals surface area contributed by atoms with Crippen molar-refractivity contribution < 1.29 is 4.79 Å². The van der Waals surface area contributed by atoms with Crippen LogP contribution in [0.5, 0.6) is 0 Å². The Kier molecular flexibility index (Phi) is 5.67. The molecule has 94 valence electrons. The fourth-order valence-corrected chi connectivity index (χ4v) is 1.69. The molecule has 0 unspecified atom stereocenters. The Hall–Kier alpha value is -1.38. The van der Waals surface area contributed by atoms with Gasteiger partial charge >= 0.3 is 0 Å². The fourth-order valence-electron chi connectivity index (χ4n) is 1.69. The second-order valence-electron chi connectivity index (χ2n) is 4.31. The number of unbranched alkanes of at least 4 members (excludes halogenated alkanes) is 2. The Morgan fingerprint density at radius 2 is 2.06 bits per heavy atom. The predicted octanol–water partition coefficient (Wildman–Crippen LogP) is 3.30. The molecule has 0 bridgehead atoms. The number of Topliss-reactive ketones (excluding diaryl/α,β-unsaturated/α-hetero) is 1. The Balaban J connectivity index is 2.57. The van der Waals surface area contributed by atoms with Gasteiger partial charge in [-0.15, -0.1) is 0 Å². The number of carbonyl (C=O) groups excluding carboxylic acids is 1. The second-order valence-corrected chi connectivity index (χ2v) is 4.31. The van der Waals surface area contributed by atoms with E-state index in [2.05, 4.69) is 23.9 Å². The average Bonchev–Trinajstić information content (AvgIpc) is 2.38. The van der Waals surface area contributed by atoms with Gasteiger partial charge < -0.3 is 4.90 Å². The van der Waals surface area contributed by atoms with E-state index >= 15 is 0 Å². The summed E-state index contributed by atoms with van der Waals surface area (Å²) in [4.78, 5) is 17.8. The van der Waals surface area contributed by atoms with Crippen molar-refractivity contribution in [3.05, 3.63) is 24.0 Å². The summed E-state index contributed by atoms with van der Waals surface area (Å²) >= 11 is 0. The first-order valence-corrected chi connectivity index (χ1v) is 6.39. The number of hydrogen-bond acceptors (Lipinski definition) is 3. The molecule has 17 heavy (non-hydrogen) atoms. The lowest BCUT2D eigenvalue weighted by molar-refractivity contribution is 0.0983. The molecule has 1 rings (SSSR count). The zero-order valence-electron chi connectivity index (χ0n) is 11.1. The zero-order chi connectivity index (χ0) is 12.7. The molecular formula is C14H22N2O. The maximum Gasteiger partial charge on any atom is 0.180 e. The van der Waals surface area contributed by atoms with Gasteiger partial charge in [0.15, 0.2) is 5.78 Å². The van der Waals surface area contributed by atoms with E-state index in [1.165, 1.54) is 19.3 Å². The molecule has 1 aromatic rings. The van der Waals surface area contributed by atoms with Gasteiger partial charge in [0.25, 0.3) is 0 Å². The molecule has 0 atom stereocenters. The van der Waals surface area contributed by atoms with E-state index in [0.29, 0.717) is 12.1 Å². The number of nitrogens with zero attached hydrogens (tertiary/aromatic N) is 2. The molecule has 1 aromatic heterocycles. The standard InChI is InChI=1S/C14H22N2O/c1-4-6-7-10-16(3)12-8-9-13(15-11-12)14(17)5-2/h8-9,11H,4-7,10H2,1-3H3. The first-order chi connectivity index (χ1) is 8.19. The van der Waals surface area contributed by atoms with Crippen LogP contribution in [0.4, 0.5) is 5.69 Å². The quantitative estimate of drug-likeness (QED) is 0.536. The largest absolute Gasteiger partial charge is 0.373 e. The summed E-state index contributed by atoms with van der Waals surface area (Å²) in [5, 5.41) is 0. The van der Waals surface area contributed by atoms with E-state index in [-0.39, 0.29) is 5.78 Å². The van der Waals surface area contributed by atoms with Crippen LogP contribution in [0, 0.1) is 0 Å². The Morgan fingerprint density at radius 1 is 1.29 bits per heavy atom. The molecule has 0 fully saturated rings. The SMILES string of the molecule is CCCCCN(C)c1ccc(C(=O)CC)nc1. The lowest BCUT2D eigenvalue weighted by Crippen LogP contribution is -2.18. The van der Waals surface area contributed by atoms with Crippen LogP contribution in [0.3, 0.4) is 0 Å². The maximum atomic E-state index is 11.4. The third kappa shape index (κ3) is 4.17. The number of carbonyl (C=O) groups is 1. The number of rotatable bonds is 7. The Morgan fingerprint density at radius 3 is 2.59 bits per heavy atom. The minimum atomic E-state index is 0.102. The van der Waals surface area contributed by atoms with E-state index in [1.807, 2.05) is 19.1 Å². The highest BCUT2D eigenvalue weighted by atomic mass is 16.1. The van der Waals surface area contributed by atoms with Crippen LogP contribution in [0.1, 0.15) is 50.0 Å². The van der Waals surface area contributed by atoms with Crippen molar-refractivity contribution in [1.29, 1.82) is 0 Å². The van der Waals surface area contributed by atoms with Gasteiger partial charge in [0, 0.05) is 20.0 Å². The van der Waals surface area contributed by atoms with Gasteiger partial charge in [-0.25, -0.2) is 0 Å². The number of aromatic nitrogens is 1. The highest BCUT2D eigenvalue weighted by molar-refractivity contribution is 5.94. The van der Waals surface area contributed by atoms with Gasteiger partial charge in [-0.05, 0) is 18.6 Å². The van der Waals surface area contributed by atoms with Gasteiger partial charge in [-0.3, -0.25) is 9.78 Å². The normalized spacial score (nSPS) is 10.3. The zero-order valence-corrected chi connectivity index (χ0v) is 11.1. The average molecular weight is 234 g/mol. The summed E-state index contributed by atoms with van der Waals surface area (Å²) in [5.41, 5.74) is 1.65. The molecule has 0 aromatic carbocycles. The van der Waals surface area contributed by atoms with E-state index in [1.54, 1.807) is 6.20 Å². The van der Waals surface area contributed by atoms with Crippen molar-refractivity contribution in [3.63, 3.8) is 0 Å². The molecule has 0 amide bonds. The molecule has 0 saturated heterocycles. The van der Waals surface area contributed by atoms with Crippen LogP contribution >= 0.6 is 0 Å². The topological polar surface area (TPSA) is 33.2 Å². The number of pyridine rings is 1. The third-order valence-corrected chi connectivity index (χ3v) is 2.89. The van der Waals surface area contributed by atoms with Crippen LogP contribution in [-0.4, -0.2) is 24.4 Å². The van der Waals surface area contributed by atoms with Crippen molar-refractivity contribution in [3.8, 4) is 0 Å². The minimum absolute atomic E-state index is 0.102. The number of anilines is 1. The van der Waals surface area contributed by atoms with Gasteiger partial charge in [0.05, 0.1) is 11.9 Å². The fraction of sp³-hybridized carbons (Fsp3) is 0.571. The summed E-state index contributed by atoms with van der Waals surface area (Å²) in [6, 6.07) is 3.79. The van der Waals surface area contributed by atoms with Crippen molar-refractivity contribution in [2.75, 3.05) is 18.5 Å². The molecule has 0 aliphatic carbocycles. The summed E-state index contributed by atoms with van der Waals surface area (Å²) in [5.74, 6) is 0.102. The highest BCUT2D eigenvalue weighted by Gasteiger charge is 2.06. The van der Waals surface area contributed by atoms with Crippen LogP contribution in [0.2, 0.25) is 0 Å². The van der Waals surface area contributed by atoms with Gasteiger partial charge in [0.2, 0.25) is 0 Å². The summed E-state index contributed by atoms with van der Waals surface area (Å²) in [6.45, 7) is 5.10. The minimum Gasteiger partial charge on any atom is -0.373 e. The smallest absolute Gasteiger partial charge is 0.180 e. The van der Waals surface area contributed by atoms with Crippen molar-refractivity contribution >= 4 is 11.5 Å². The molecular weight excluding hydrogens is 212 g/mol. The molecule has 0 aliphatic rings. The first kappa shape index (κ1) is 13.7. The monoisotopic (exact) mass is 234 g/mol. The summed E-state index contributed by atoms with van der Waals surface area (Å²) in [6.07, 6.45) is 5.98. The van der Waals surface area contributed by atoms with Gasteiger partial charge in [-0.1, -0.05) is 26.7 Å². The molecule has 3 nitrogen and oxygen atoms in total.